The maximum atomic E-state index is 13.8. The van der Waals surface area contributed by atoms with Crippen LogP contribution in [0.2, 0.25) is 5.02 Å². The number of aromatic nitrogens is 1. The molecular weight excluding hydrogens is 391 g/mol. The van der Waals surface area contributed by atoms with Gasteiger partial charge in [-0.2, -0.15) is 0 Å². The molecule has 1 aromatic carbocycles. The molecule has 0 spiro atoms. The topological polar surface area (TPSA) is 97.5 Å². The lowest BCUT2D eigenvalue weighted by Gasteiger charge is -2.14. The highest BCUT2D eigenvalue weighted by Gasteiger charge is 2.27. The minimum atomic E-state index is -1.21. The number of aromatic amines is 1. The van der Waals surface area contributed by atoms with Gasteiger partial charge in [0.2, 0.25) is 0 Å². The van der Waals surface area contributed by atoms with Crippen molar-refractivity contribution in [2.45, 2.75) is 33.8 Å². The molecule has 0 aliphatic rings. The largest absolute Gasteiger partial charge is 0.461 e. The van der Waals surface area contributed by atoms with Crippen LogP contribution in [0.5, 0.6) is 0 Å². The highest BCUT2D eigenvalue weighted by Crippen LogP contribution is 2.22. The average molecular weight is 411 g/mol. The molecule has 0 bridgehead atoms. The number of carbonyl (C=O) groups excluding carboxylic acids is 3. The number of carbonyl (C=O) groups is 3. The van der Waals surface area contributed by atoms with E-state index in [9.17, 15) is 18.8 Å². The van der Waals surface area contributed by atoms with E-state index in [4.69, 9.17) is 21.1 Å². The minimum Gasteiger partial charge on any atom is -0.461 e. The van der Waals surface area contributed by atoms with Crippen molar-refractivity contribution in [1.29, 1.82) is 0 Å². The first-order valence-corrected chi connectivity index (χ1v) is 8.86. The second-order valence-electron chi connectivity index (χ2n) is 6.01. The van der Waals surface area contributed by atoms with Crippen molar-refractivity contribution >= 4 is 35.1 Å². The first kappa shape index (κ1) is 21.4. The number of benzene rings is 1. The maximum Gasteiger partial charge on any atom is 0.355 e. The van der Waals surface area contributed by atoms with Crippen molar-refractivity contribution in [2.75, 3.05) is 11.9 Å². The molecule has 0 saturated carbocycles. The van der Waals surface area contributed by atoms with Crippen LogP contribution in [-0.2, 0) is 14.3 Å². The number of esters is 2. The summed E-state index contributed by atoms with van der Waals surface area (Å²) in [5.41, 5.74) is 0.960. The van der Waals surface area contributed by atoms with Crippen molar-refractivity contribution in [3.05, 3.63) is 51.6 Å². The van der Waals surface area contributed by atoms with Gasteiger partial charge >= 0.3 is 11.9 Å². The maximum absolute atomic E-state index is 13.8. The number of hydrogen-bond donors (Lipinski definition) is 2. The molecule has 0 aliphatic carbocycles. The predicted octanol–water partition coefficient (Wildman–Crippen LogP) is 3.78. The van der Waals surface area contributed by atoms with Crippen molar-refractivity contribution < 1.29 is 28.2 Å². The summed E-state index contributed by atoms with van der Waals surface area (Å²) in [7, 11) is 0. The molecule has 28 heavy (non-hydrogen) atoms. The van der Waals surface area contributed by atoms with Gasteiger partial charge in [-0.15, -0.1) is 0 Å². The first-order chi connectivity index (χ1) is 13.1. The van der Waals surface area contributed by atoms with Gasteiger partial charge in [0.05, 0.1) is 17.9 Å². The zero-order valence-electron chi connectivity index (χ0n) is 15.8. The summed E-state index contributed by atoms with van der Waals surface area (Å²) in [5.74, 6) is -2.81. The molecule has 2 rings (SSSR count). The molecule has 2 N–H and O–H groups in total. The van der Waals surface area contributed by atoms with Gasteiger partial charge < -0.3 is 19.8 Å². The van der Waals surface area contributed by atoms with E-state index in [-0.39, 0.29) is 28.6 Å². The van der Waals surface area contributed by atoms with Crippen molar-refractivity contribution in [3.63, 3.8) is 0 Å². The Morgan fingerprint density at radius 1 is 1.25 bits per heavy atom. The lowest BCUT2D eigenvalue weighted by molar-refractivity contribution is -0.123. The Kier molecular flexibility index (Phi) is 6.80. The molecular formula is C19H20ClFN2O5. The SMILES string of the molecule is CCOC(=O)c1[nH]c(C)c(C(=O)O[C@H](C)C(=O)Nc2ccc(Cl)cc2F)c1C. The Hall–Kier alpha value is -2.87. The number of halogens is 2. The average Bonchev–Trinajstić information content (AvgIpc) is 2.92. The number of aryl methyl sites for hydroxylation is 1. The quantitative estimate of drug-likeness (QED) is 0.706. The van der Waals surface area contributed by atoms with E-state index in [0.717, 1.165) is 6.07 Å². The highest BCUT2D eigenvalue weighted by atomic mass is 35.5. The van der Waals surface area contributed by atoms with Crippen LogP contribution in [0.25, 0.3) is 0 Å². The number of anilines is 1. The molecule has 0 aliphatic heterocycles. The van der Waals surface area contributed by atoms with E-state index in [1.54, 1.807) is 20.8 Å². The standard InChI is InChI=1S/C19H20ClFN2O5/c1-5-27-19(26)16-9(2)15(10(3)22-16)18(25)28-11(4)17(24)23-14-7-6-12(20)8-13(14)21/h6-8,11,22H,5H2,1-4H3,(H,23,24)/t11-/m1/s1. The molecule has 1 atom stereocenters. The minimum absolute atomic E-state index is 0.0871. The molecule has 0 saturated heterocycles. The third kappa shape index (κ3) is 4.69. The number of H-pyrrole nitrogens is 1. The zero-order valence-corrected chi connectivity index (χ0v) is 16.6. The Bertz CT molecular complexity index is 925. The van der Waals surface area contributed by atoms with Gasteiger partial charge in [-0.1, -0.05) is 11.6 Å². The molecule has 150 valence electrons. The van der Waals surface area contributed by atoms with Crippen LogP contribution in [-0.4, -0.2) is 35.5 Å². The fourth-order valence-corrected chi connectivity index (χ4v) is 2.72. The number of hydrogen-bond acceptors (Lipinski definition) is 5. The third-order valence-electron chi connectivity index (χ3n) is 3.96. The van der Waals surface area contributed by atoms with Gasteiger partial charge in [-0.25, -0.2) is 14.0 Å². The lowest BCUT2D eigenvalue weighted by Crippen LogP contribution is -2.30. The number of ether oxygens (including phenoxy) is 2. The van der Waals surface area contributed by atoms with Crippen molar-refractivity contribution in [2.24, 2.45) is 0 Å². The van der Waals surface area contributed by atoms with Crippen LogP contribution in [0.1, 0.15) is 46.0 Å². The van der Waals surface area contributed by atoms with Crippen LogP contribution in [0.15, 0.2) is 18.2 Å². The summed E-state index contributed by atoms with van der Waals surface area (Å²) in [4.78, 5) is 39.4. The summed E-state index contributed by atoms with van der Waals surface area (Å²) in [6.07, 6.45) is -1.21. The summed E-state index contributed by atoms with van der Waals surface area (Å²) in [6.45, 7) is 6.38. The summed E-state index contributed by atoms with van der Waals surface area (Å²) in [5, 5.41) is 2.52. The van der Waals surface area contributed by atoms with Crippen molar-refractivity contribution in [1.82, 2.24) is 4.98 Å². The Balaban J connectivity index is 2.11. The van der Waals surface area contributed by atoms with E-state index in [2.05, 4.69) is 10.3 Å². The molecule has 2 aromatic rings. The zero-order chi connectivity index (χ0) is 21.0. The van der Waals surface area contributed by atoms with E-state index in [1.165, 1.54) is 19.1 Å². The molecule has 7 nitrogen and oxygen atoms in total. The Morgan fingerprint density at radius 2 is 1.93 bits per heavy atom. The van der Waals surface area contributed by atoms with Gasteiger partial charge in [0.25, 0.3) is 5.91 Å². The Morgan fingerprint density at radius 3 is 2.54 bits per heavy atom. The van der Waals surface area contributed by atoms with E-state index >= 15 is 0 Å². The molecule has 1 heterocycles. The summed E-state index contributed by atoms with van der Waals surface area (Å²) >= 11 is 5.67. The van der Waals surface area contributed by atoms with Crippen LogP contribution in [0, 0.1) is 19.7 Å². The van der Waals surface area contributed by atoms with Crippen LogP contribution in [0.3, 0.4) is 0 Å². The molecule has 0 radical (unpaired) electrons. The predicted molar refractivity (Wildman–Crippen MR) is 101 cm³/mol. The normalized spacial score (nSPS) is 11.6. The first-order valence-electron chi connectivity index (χ1n) is 8.48. The number of nitrogens with one attached hydrogen (secondary N) is 2. The fourth-order valence-electron chi connectivity index (χ4n) is 2.56. The molecule has 0 unspecified atom stereocenters. The smallest absolute Gasteiger partial charge is 0.355 e. The van der Waals surface area contributed by atoms with Gasteiger partial charge in [-0.05, 0) is 51.5 Å². The van der Waals surface area contributed by atoms with E-state index in [0.29, 0.717) is 11.3 Å². The molecule has 1 aromatic heterocycles. The third-order valence-corrected chi connectivity index (χ3v) is 4.20. The van der Waals surface area contributed by atoms with Gasteiger partial charge in [0.15, 0.2) is 6.10 Å². The van der Waals surface area contributed by atoms with Crippen LogP contribution in [0.4, 0.5) is 10.1 Å². The van der Waals surface area contributed by atoms with Crippen LogP contribution < -0.4 is 5.32 Å². The molecule has 9 heteroatoms. The lowest BCUT2D eigenvalue weighted by atomic mass is 10.1. The second-order valence-corrected chi connectivity index (χ2v) is 6.44. The Labute approximate surface area is 166 Å². The monoisotopic (exact) mass is 410 g/mol. The van der Waals surface area contributed by atoms with Gasteiger partial charge in [0, 0.05) is 10.7 Å². The highest BCUT2D eigenvalue weighted by molar-refractivity contribution is 6.30. The summed E-state index contributed by atoms with van der Waals surface area (Å²) in [6, 6.07) is 3.77. The van der Waals surface area contributed by atoms with Crippen molar-refractivity contribution in [3.8, 4) is 0 Å². The fraction of sp³-hybridized carbons (Fsp3) is 0.316. The van der Waals surface area contributed by atoms with E-state index < -0.39 is 29.8 Å². The number of rotatable bonds is 6. The number of amides is 1. The molecule has 0 fully saturated rings. The van der Waals surface area contributed by atoms with Gasteiger partial charge in [-0.3, -0.25) is 4.79 Å². The molecule has 1 amide bonds. The van der Waals surface area contributed by atoms with Crippen LogP contribution >= 0.6 is 11.6 Å². The second kappa shape index (κ2) is 8.88. The van der Waals surface area contributed by atoms with Gasteiger partial charge in [0.1, 0.15) is 11.5 Å². The summed E-state index contributed by atoms with van der Waals surface area (Å²) < 4.78 is 23.9. The van der Waals surface area contributed by atoms with E-state index in [1.807, 2.05) is 0 Å².